The van der Waals surface area contributed by atoms with Gasteiger partial charge in [0.05, 0.1) is 6.61 Å². The van der Waals surface area contributed by atoms with Crippen LogP contribution in [0.1, 0.15) is 6.92 Å². The summed E-state index contributed by atoms with van der Waals surface area (Å²) in [6.45, 7) is 2.04. The van der Waals surface area contributed by atoms with E-state index in [4.69, 9.17) is 4.74 Å². The second-order valence-electron chi connectivity index (χ2n) is 3.06. The molecule has 0 saturated carbocycles. The quantitative estimate of drug-likeness (QED) is 0.862. The fourth-order valence-electron chi connectivity index (χ4n) is 1.22. The highest BCUT2D eigenvalue weighted by atomic mass is 16.5. The van der Waals surface area contributed by atoms with E-state index in [2.05, 4.69) is 20.4 Å². The van der Waals surface area contributed by atoms with Gasteiger partial charge in [0, 0.05) is 18.5 Å². The zero-order valence-electron chi connectivity index (χ0n) is 9.20. The van der Waals surface area contributed by atoms with Crippen LogP contribution in [0, 0.1) is 0 Å². The van der Waals surface area contributed by atoms with Crippen molar-refractivity contribution in [2.24, 2.45) is 0 Å². The third kappa shape index (κ3) is 2.77. The van der Waals surface area contributed by atoms with Crippen molar-refractivity contribution in [2.45, 2.75) is 6.92 Å². The van der Waals surface area contributed by atoms with Gasteiger partial charge in [-0.1, -0.05) is 0 Å². The van der Waals surface area contributed by atoms with Crippen LogP contribution in [0.4, 0.5) is 10.6 Å². The van der Waals surface area contributed by atoms with Gasteiger partial charge >= 0.3 is 6.09 Å². The van der Waals surface area contributed by atoms with Crippen molar-refractivity contribution >= 4 is 11.9 Å². The standard InChI is InChI=1S/C10H11N5O2/c1-2-17-10(16)14-8-6-9(12-7-11-8)15-5-3-4-13-15/h3-7H,2H2,1H3,(H,11,12,14,16). The number of rotatable bonds is 3. The van der Waals surface area contributed by atoms with E-state index < -0.39 is 6.09 Å². The minimum atomic E-state index is -0.544. The van der Waals surface area contributed by atoms with Crippen LogP contribution in [0.2, 0.25) is 0 Å². The highest BCUT2D eigenvalue weighted by Gasteiger charge is 2.05. The third-order valence-corrected chi connectivity index (χ3v) is 1.90. The number of nitrogens with zero attached hydrogens (tertiary/aromatic N) is 4. The zero-order chi connectivity index (χ0) is 12.1. The van der Waals surface area contributed by atoms with Crippen molar-refractivity contribution in [1.82, 2.24) is 19.7 Å². The lowest BCUT2D eigenvalue weighted by Gasteiger charge is -2.05. The Hall–Kier alpha value is -2.44. The number of hydrogen-bond donors (Lipinski definition) is 1. The van der Waals surface area contributed by atoms with Crippen LogP contribution in [0.15, 0.2) is 30.9 Å². The van der Waals surface area contributed by atoms with Crippen LogP contribution in [-0.2, 0) is 4.74 Å². The molecule has 2 rings (SSSR count). The van der Waals surface area contributed by atoms with E-state index in [1.807, 2.05) is 0 Å². The van der Waals surface area contributed by atoms with Crippen LogP contribution >= 0.6 is 0 Å². The van der Waals surface area contributed by atoms with Gasteiger partial charge in [0.15, 0.2) is 5.82 Å². The first kappa shape index (κ1) is 11.1. The molecule has 0 unspecified atom stereocenters. The Morgan fingerprint density at radius 2 is 2.41 bits per heavy atom. The molecule has 0 radical (unpaired) electrons. The summed E-state index contributed by atoms with van der Waals surface area (Å²) in [5.74, 6) is 0.931. The highest BCUT2D eigenvalue weighted by Crippen LogP contribution is 2.07. The second kappa shape index (κ2) is 5.06. The molecule has 0 aliphatic rings. The Morgan fingerprint density at radius 3 is 3.12 bits per heavy atom. The van der Waals surface area contributed by atoms with Gasteiger partial charge in [0.1, 0.15) is 12.1 Å². The molecule has 1 amide bonds. The second-order valence-corrected chi connectivity index (χ2v) is 3.06. The number of ether oxygens (including phenoxy) is 1. The van der Waals surface area contributed by atoms with Crippen molar-refractivity contribution in [2.75, 3.05) is 11.9 Å². The molecular formula is C10H11N5O2. The molecule has 2 aromatic heterocycles. The maximum absolute atomic E-state index is 11.2. The van der Waals surface area contributed by atoms with E-state index in [9.17, 15) is 4.79 Å². The molecule has 0 saturated heterocycles. The van der Waals surface area contributed by atoms with Crippen molar-refractivity contribution in [3.63, 3.8) is 0 Å². The molecule has 7 nitrogen and oxygen atoms in total. The van der Waals surface area contributed by atoms with Crippen LogP contribution < -0.4 is 5.32 Å². The predicted molar refractivity (Wildman–Crippen MR) is 59.8 cm³/mol. The van der Waals surface area contributed by atoms with E-state index in [0.29, 0.717) is 18.2 Å². The number of amides is 1. The van der Waals surface area contributed by atoms with Gasteiger partial charge in [-0.2, -0.15) is 5.10 Å². The van der Waals surface area contributed by atoms with Gasteiger partial charge in [-0.25, -0.2) is 19.4 Å². The predicted octanol–water partition coefficient (Wildman–Crippen LogP) is 1.23. The fourth-order valence-corrected chi connectivity index (χ4v) is 1.22. The van der Waals surface area contributed by atoms with Crippen LogP contribution in [-0.4, -0.2) is 32.4 Å². The number of anilines is 1. The summed E-state index contributed by atoms with van der Waals surface area (Å²) in [6.07, 6.45) is 4.19. The number of nitrogens with one attached hydrogen (secondary N) is 1. The van der Waals surface area contributed by atoms with E-state index in [1.165, 1.54) is 6.33 Å². The first-order chi connectivity index (χ1) is 8.29. The van der Waals surface area contributed by atoms with Gasteiger partial charge in [-0.05, 0) is 13.0 Å². The summed E-state index contributed by atoms with van der Waals surface area (Å²) in [4.78, 5) is 19.1. The minimum Gasteiger partial charge on any atom is -0.450 e. The first-order valence-electron chi connectivity index (χ1n) is 5.05. The molecule has 0 fully saturated rings. The molecule has 0 spiro atoms. The van der Waals surface area contributed by atoms with Gasteiger partial charge in [-0.15, -0.1) is 0 Å². The topological polar surface area (TPSA) is 81.9 Å². The van der Waals surface area contributed by atoms with Crippen LogP contribution in [0.5, 0.6) is 0 Å². The molecule has 17 heavy (non-hydrogen) atoms. The Balaban J connectivity index is 2.15. The van der Waals surface area contributed by atoms with Crippen molar-refractivity contribution in [3.8, 4) is 5.82 Å². The molecule has 88 valence electrons. The molecular weight excluding hydrogens is 222 g/mol. The Morgan fingerprint density at radius 1 is 1.53 bits per heavy atom. The molecule has 7 heteroatoms. The minimum absolute atomic E-state index is 0.308. The van der Waals surface area contributed by atoms with E-state index in [0.717, 1.165) is 0 Å². The van der Waals surface area contributed by atoms with Gasteiger partial charge < -0.3 is 4.74 Å². The summed E-state index contributed by atoms with van der Waals surface area (Å²) in [7, 11) is 0. The first-order valence-corrected chi connectivity index (χ1v) is 5.05. The molecule has 2 aromatic rings. The van der Waals surface area contributed by atoms with E-state index in [-0.39, 0.29) is 0 Å². The maximum Gasteiger partial charge on any atom is 0.412 e. The van der Waals surface area contributed by atoms with Crippen molar-refractivity contribution in [1.29, 1.82) is 0 Å². The molecule has 0 aromatic carbocycles. The Labute approximate surface area is 97.5 Å². The number of carbonyl (C=O) groups excluding carboxylic acids is 1. The molecule has 0 bridgehead atoms. The van der Waals surface area contributed by atoms with Gasteiger partial charge in [0.2, 0.25) is 0 Å². The average molecular weight is 233 g/mol. The SMILES string of the molecule is CCOC(=O)Nc1cc(-n2cccn2)ncn1. The lowest BCUT2D eigenvalue weighted by molar-refractivity contribution is 0.168. The summed E-state index contributed by atoms with van der Waals surface area (Å²) in [5, 5.41) is 6.52. The van der Waals surface area contributed by atoms with Crippen molar-refractivity contribution < 1.29 is 9.53 Å². The summed E-state index contributed by atoms with van der Waals surface area (Å²) in [6, 6.07) is 3.38. The van der Waals surface area contributed by atoms with Crippen LogP contribution in [0.25, 0.3) is 5.82 Å². The van der Waals surface area contributed by atoms with E-state index >= 15 is 0 Å². The highest BCUT2D eigenvalue weighted by molar-refractivity contribution is 5.83. The number of aromatic nitrogens is 4. The maximum atomic E-state index is 11.2. The molecule has 0 aliphatic carbocycles. The van der Waals surface area contributed by atoms with Crippen molar-refractivity contribution in [3.05, 3.63) is 30.9 Å². The largest absolute Gasteiger partial charge is 0.450 e. The molecule has 0 atom stereocenters. The Kier molecular flexibility index (Phi) is 3.29. The molecule has 2 heterocycles. The zero-order valence-corrected chi connectivity index (χ0v) is 9.20. The molecule has 1 N–H and O–H groups in total. The van der Waals surface area contributed by atoms with E-state index in [1.54, 1.807) is 36.1 Å². The van der Waals surface area contributed by atoms with Crippen LogP contribution in [0.3, 0.4) is 0 Å². The average Bonchev–Trinajstić information content (AvgIpc) is 2.83. The lowest BCUT2D eigenvalue weighted by atomic mass is 10.5. The lowest BCUT2D eigenvalue weighted by Crippen LogP contribution is -2.14. The third-order valence-electron chi connectivity index (χ3n) is 1.90. The molecule has 0 aliphatic heterocycles. The number of hydrogen-bond acceptors (Lipinski definition) is 5. The van der Waals surface area contributed by atoms with Gasteiger partial charge in [-0.3, -0.25) is 5.32 Å². The smallest absolute Gasteiger partial charge is 0.412 e. The summed E-state index contributed by atoms with van der Waals surface area (Å²) < 4.78 is 6.31. The summed E-state index contributed by atoms with van der Waals surface area (Å²) in [5.41, 5.74) is 0. The Bertz CT molecular complexity index is 497. The fraction of sp³-hybridized carbons (Fsp3) is 0.200. The number of carbonyl (C=O) groups is 1. The monoisotopic (exact) mass is 233 g/mol. The summed E-state index contributed by atoms with van der Waals surface area (Å²) >= 11 is 0. The van der Waals surface area contributed by atoms with Gasteiger partial charge in [0.25, 0.3) is 0 Å². The normalized spacial score (nSPS) is 9.94.